The number of alkyl halides is 1. The molecule has 3 heteroatoms. The fourth-order valence-corrected chi connectivity index (χ4v) is 3.91. The number of fused-ring (bicyclic) bond motifs is 2. The van der Waals surface area contributed by atoms with E-state index in [9.17, 15) is 9.18 Å². The van der Waals surface area contributed by atoms with E-state index in [1.54, 1.807) is 0 Å². The molecule has 142 valence electrons. The fourth-order valence-electron chi connectivity index (χ4n) is 3.91. The van der Waals surface area contributed by atoms with Gasteiger partial charge < -0.3 is 4.57 Å². The molecule has 0 aliphatic rings. The molecule has 0 unspecified atom stereocenters. The van der Waals surface area contributed by atoms with E-state index in [4.69, 9.17) is 0 Å². The third-order valence-corrected chi connectivity index (χ3v) is 5.35. The predicted molar refractivity (Wildman–Crippen MR) is 114 cm³/mol. The number of carbonyl (C=O) groups is 1. The number of halogens is 1. The molecule has 4 aromatic rings. The third kappa shape index (κ3) is 3.57. The minimum atomic E-state index is -0.240. The molecule has 0 radical (unpaired) electrons. The number of carbonyl (C=O) groups excluding carboxylic acids is 1. The van der Waals surface area contributed by atoms with Gasteiger partial charge in [0.25, 0.3) is 0 Å². The highest BCUT2D eigenvalue weighted by atomic mass is 19.1. The van der Waals surface area contributed by atoms with Crippen molar-refractivity contribution < 1.29 is 9.18 Å². The van der Waals surface area contributed by atoms with Crippen LogP contribution in [0, 0.1) is 0 Å². The molecular weight excluding hydrogens is 349 g/mol. The molecule has 0 bridgehead atoms. The Hall–Kier alpha value is -2.94. The molecule has 4 rings (SSSR count). The summed E-state index contributed by atoms with van der Waals surface area (Å²) in [5.74, 6) is 0.0594. The molecule has 0 amide bonds. The molecule has 28 heavy (non-hydrogen) atoms. The fraction of sp³-hybridized carbons (Fsp3) is 0.240. The van der Waals surface area contributed by atoms with Crippen molar-refractivity contribution >= 4 is 27.5 Å². The molecular formula is C25H24FNO. The SMILES string of the molecule is O=C(c1cccc2ccccc12)c1cn(CCCCCCF)c2ccccc12. The molecule has 0 spiro atoms. The van der Waals surface area contributed by atoms with Crippen LogP contribution in [0.3, 0.4) is 0 Å². The van der Waals surface area contributed by atoms with Crippen LogP contribution in [0.4, 0.5) is 4.39 Å². The van der Waals surface area contributed by atoms with E-state index in [1.807, 2.05) is 66.9 Å². The number of nitrogens with zero attached hydrogens (tertiary/aromatic N) is 1. The lowest BCUT2D eigenvalue weighted by molar-refractivity contribution is 0.104. The molecule has 1 heterocycles. The number of hydrogen-bond donors (Lipinski definition) is 0. The van der Waals surface area contributed by atoms with Gasteiger partial charge >= 0.3 is 0 Å². The summed E-state index contributed by atoms with van der Waals surface area (Å²) in [5, 5.41) is 3.05. The number of para-hydroxylation sites is 1. The summed E-state index contributed by atoms with van der Waals surface area (Å²) >= 11 is 0. The molecule has 0 saturated carbocycles. The van der Waals surface area contributed by atoms with Gasteiger partial charge in [0, 0.05) is 34.8 Å². The summed E-state index contributed by atoms with van der Waals surface area (Å²) in [6.45, 7) is 0.603. The average molecular weight is 373 g/mol. The lowest BCUT2D eigenvalue weighted by Crippen LogP contribution is -2.02. The van der Waals surface area contributed by atoms with Gasteiger partial charge in [0.1, 0.15) is 0 Å². The van der Waals surface area contributed by atoms with Crippen molar-refractivity contribution in [3.63, 3.8) is 0 Å². The van der Waals surface area contributed by atoms with E-state index in [2.05, 4.69) is 10.6 Å². The second-order valence-electron chi connectivity index (χ2n) is 7.21. The van der Waals surface area contributed by atoms with Gasteiger partial charge in [-0.25, -0.2) is 0 Å². The average Bonchev–Trinajstić information content (AvgIpc) is 3.11. The monoisotopic (exact) mass is 373 g/mol. The minimum absolute atomic E-state index is 0.0594. The Kier molecular flexibility index (Phi) is 5.52. The van der Waals surface area contributed by atoms with Gasteiger partial charge in [-0.05, 0) is 29.7 Å². The zero-order valence-electron chi connectivity index (χ0n) is 15.9. The molecule has 2 nitrogen and oxygen atoms in total. The predicted octanol–water partition coefficient (Wildman–Crippen LogP) is 6.56. The van der Waals surface area contributed by atoms with E-state index < -0.39 is 0 Å². The van der Waals surface area contributed by atoms with Crippen LogP contribution < -0.4 is 0 Å². The van der Waals surface area contributed by atoms with Crippen LogP contribution in [0.15, 0.2) is 72.9 Å². The van der Waals surface area contributed by atoms with E-state index in [0.29, 0.717) is 6.42 Å². The first-order valence-corrected chi connectivity index (χ1v) is 9.96. The van der Waals surface area contributed by atoms with Crippen LogP contribution in [-0.4, -0.2) is 17.0 Å². The van der Waals surface area contributed by atoms with Gasteiger partial charge in [0.05, 0.1) is 6.67 Å². The molecule has 3 aromatic carbocycles. The molecule has 0 N–H and O–H groups in total. The minimum Gasteiger partial charge on any atom is -0.347 e. The van der Waals surface area contributed by atoms with Crippen molar-refractivity contribution in [1.29, 1.82) is 0 Å². The normalized spacial score (nSPS) is 11.3. The highest BCUT2D eigenvalue weighted by Crippen LogP contribution is 2.27. The summed E-state index contributed by atoms with van der Waals surface area (Å²) in [5.41, 5.74) is 2.57. The first-order chi connectivity index (χ1) is 13.8. The van der Waals surface area contributed by atoms with Gasteiger partial charge in [-0.1, -0.05) is 73.5 Å². The number of hydrogen-bond acceptors (Lipinski definition) is 1. The third-order valence-electron chi connectivity index (χ3n) is 5.35. The topological polar surface area (TPSA) is 22.0 Å². The Morgan fingerprint density at radius 3 is 2.32 bits per heavy atom. The highest BCUT2D eigenvalue weighted by molar-refractivity contribution is 6.21. The number of aromatic nitrogens is 1. The maximum absolute atomic E-state index is 13.4. The summed E-state index contributed by atoms with van der Waals surface area (Å²) in [7, 11) is 0. The zero-order chi connectivity index (χ0) is 19.3. The lowest BCUT2D eigenvalue weighted by Gasteiger charge is -2.05. The quantitative estimate of drug-likeness (QED) is 0.253. The van der Waals surface area contributed by atoms with Gasteiger partial charge in [-0.2, -0.15) is 0 Å². The molecule has 1 aromatic heterocycles. The second kappa shape index (κ2) is 8.39. The number of aryl methyl sites for hydroxylation is 1. The lowest BCUT2D eigenvalue weighted by atomic mass is 9.97. The van der Waals surface area contributed by atoms with Crippen molar-refractivity contribution in [2.75, 3.05) is 6.67 Å². The van der Waals surface area contributed by atoms with E-state index in [-0.39, 0.29) is 12.5 Å². The van der Waals surface area contributed by atoms with E-state index in [1.165, 1.54) is 0 Å². The Morgan fingerprint density at radius 1 is 0.750 bits per heavy atom. The smallest absolute Gasteiger partial charge is 0.195 e. The van der Waals surface area contributed by atoms with Crippen LogP contribution >= 0.6 is 0 Å². The summed E-state index contributed by atoms with van der Waals surface area (Å²) in [4.78, 5) is 13.4. The largest absolute Gasteiger partial charge is 0.347 e. The summed E-state index contributed by atoms with van der Waals surface area (Å²) in [6.07, 6.45) is 5.53. The van der Waals surface area contributed by atoms with Gasteiger partial charge in [0.2, 0.25) is 0 Å². The summed E-state index contributed by atoms with van der Waals surface area (Å²) < 4.78 is 14.4. The molecule has 0 aliphatic carbocycles. The Balaban J connectivity index is 1.69. The molecule has 0 atom stereocenters. The Labute approximate surface area is 164 Å². The Bertz CT molecular complexity index is 1110. The van der Waals surface area contributed by atoms with Gasteiger partial charge in [0.15, 0.2) is 5.78 Å². The Morgan fingerprint density at radius 2 is 1.46 bits per heavy atom. The van der Waals surface area contributed by atoms with E-state index in [0.717, 1.165) is 58.6 Å². The number of unbranched alkanes of at least 4 members (excludes halogenated alkanes) is 3. The van der Waals surface area contributed by atoms with E-state index >= 15 is 0 Å². The van der Waals surface area contributed by atoms with Crippen molar-refractivity contribution in [3.8, 4) is 0 Å². The van der Waals surface area contributed by atoms with Gasteiger partial charge in [-0.3, -0.25) is 9.18 Å². The first kappa shape index (κ1) is 18.4. The van der Waals surface area contributed by atoms with Crippen LogP contribution in [0.1, 0.15) is 41.6 Å². The zero-order valence-corrected chi connectivity index (χ0v) is 15.9. The van der Waals surface area contributed by atoms with Crippen molar-refractivity contribution in [2.24, 2.45) is 0 Å². The van der Waals surface area contributed by atoms with Gasteiger partial charge in [-0.15, -0.1) is 0 Å². The van der Waals surface area contributed by atoms with Crippen LogP contribution in [-0.2, 0) is 6.54 Å². The maximum Gasteiger partial charge on any atom is 0.195 e. The number of ketones is 1. The molecule has 0 fully saturated rings. The second-order valence-corrected chi connectivity index (χ2v) is 7.21. The van der Waals surface area contributed by atoms with Crippen molar-refractivity contribution in [2.45, 2.75) is 32.2 Å². The number of rotatable bonds is 8. The first-order valence-electron chi connectivity index (χ1n) is 9.96. The molecule has 0 aliphatic heterocycles. The van der Waals surface area contributed by atoms with Crippen LogP contribution in [0.5, 0.6) is 0 Å². The standard InChI is InChI=1S/C25H24FNO/c26-16-7-1-2-8-17-27-18-23(21-13-5-6-15-24(21)27)25(28)22-14-9-11-19-10-3-4-12-20(19)22/h3-6,9-15,18H,1-2,7-8,16-17H2. The highest BCUT2D eigenvalue weighted by Gasteiger charge is 2.18. The number of benzene rings is 3. The van der Waals surface area contributed by atoms with Crippen LogP contribution in [0.2, 0.25) is 0 Å². The molecule has 0 saturated heterocycles. The van der Waals surface area contributed by atoms with Crippen molar-refractivity contribution in [1.82, 2.24) is 4.57 Å². The van der Waals surface area contributed by atoms with Crippen LogP contribution in [0.25, 0.3) is 21.7 Å². The summed E-state index contributed by atoms with van der Waals surface area (Å²) in [6, 6.07) is 22.0. The van der Waals surface area contributed by atoms with Crippen molar-refractivity contribution in [3.05, 3.63) is 84.1 Å². The maximum atomic E-state index is 13.4.